The second-order valence-corrected chi connectivity index (χ2v) is 8.34. The van der Waals surface area contributed by atoms with E-state index >= 15 is 0 Å². The molecule has 0 radical (unpaired) electrons. The summed E-state index contributed by atoms with van der Waals surface area (Å²) >= 11 is 5.66. The zero-order valence-electron chi connectivity index (χ0n) is 18.6. The summed E-state index contributed by atoms with van der Waals surface area (Å²) in [4.78, 5) is 18.9. The Morgan fingerprint density at radius 2 is 1.91 bits per heavy atom. The van der Waals surface area contributed by atoms with Gasteiger partial charge in [0, 0.05) is 24.1 Å². The largest absolute Gasteiger partial charge is 0.465 e. The third-order valence-corrected chi connectivity index (χ3v) is 6.27. The van der Waals surface area contributed by atoms with E-state index in [0.29, 0.717) is 11.7 Å². The summed E-state index contributed by atoms with van der Waals surface area (Å²) < 4.78 is 7.54. The topological polar surface area (TPSA) is 59.4 Å². The zero-order chi connectivity index (χ0) is 22.7. The van der Waals surface area contributed by atoms with Gasteiger partial charge in [-0.15, -0.1) is 0 Å². The molecule has 0 bridgehead atoms. The predicted octanol–water partition coefficient (Wildman–Crippen LogP) is 4.08. The molecule has 4 rings (SSSR count). The number of carbonyl (C=O) groups excluding carboxylic acids is 1. The molecule has 1 aliphatic rings. The molecule has 2 atom stereocenters. The number of nitrogens with one attached hydrogen (secondary N) is 1. The van der Waals surface area contributed by atoms with Gasteiger partial charge in [0.2, 0.25) is 0 Å². The molecule has 0 saturated carbocycles. The summed E-state index contributed by atoms with van der Waals surface area (Å²) in [6, 6.07) is 18.1. The molecule has 7 heteroatoms. The van der Waals surface area contributed by atoms with Crippen molar-refractivity contribution in [3.05, 3.63) is 89.0 Å². The van der Waals surface area contributed by atoms with Crippen LogP contribution < -0.4 is 5.32 Å². The first-order valence-corrected chi connectivity index (χ1v) is 11.2. The van der Waals surface area contributed by atoms with Crippen molar-refractivity contribution in [2.75, 3.05) is 13.2 Å². The third-order valence-electron chi connectivity index (χ3n) is 5.92. The number of pyridine rings is 1. The number of carbonyl (C=O) groups is 1. The molecule has 6 nitrogen and oxygen atoms in total. The van der Waals surface area contributed by atoms with E-state index in [1.165, 1.54) is 5.56 Å². The van der Waals surface area contributed by atoms with Crippen LogP contribution in [-0.2, 0) is 16.1 Å². The van der Waals surface area contributed by atoms with Crippen molar-refractivity contribution >= 4 is 23.3 Å². The molecule has 2 aromatic heterocycles. The Kier molecular flexibility index (Phi) is 6.55. The fraction of sp³-hybridized carbons (Fsp3) is 0.320. The Labute approximate surface area is 194 Å². The van der Waals surface area contributed by atoms with Gasteiger partial charge < -0.3 is 19.5 Å². The number of nitrogens with zero attached hydrogens (tertiary/aromatic N) is 3. The van der Waals surface area contributed by atoms with E-state index in [0.717, 1.165) is 29.2 Å². The van der Waals surface area contributed by atoms with Crippen molar-refractivity contribution < 1.29 is 9.53 Å². The minimum Gasteiger partial charge on any atom is -0.465 e. The molecular weight excluding hydrogens is 420 g/mol. The van der Waals surface area contributed by atoms with Crippen molar-refractivity contribution in [1.29, 1.82) is 0 Å². The highest BCUT2D eigenvalue weighted by molar-refractivity contribution is 7.80. The van der Waals surface area contributed by atoms with Gasteiger partial charge in [-0.3, -0.25) is 9.78 Å². The van der Waals surface area contributed by atoms with Crippen LogP contribution in [0.25, 0.3) is 0 Å². The quantitative estimate of drug-likeness (QED) is 0.434. The minimum absolute atomic E-state index is 0.0933. The summed E-state index contributed by atoms with van der Waals surface area (Å²) in [5, 5.41) is 3.93. The molecule has 0 aliphatic carbocycles. The van der Waals surface area contributed by atoms with Gasteiger partial charge in [-0.2, -0.15) is 0 Å². The molecule has 166 valence electrons. The lowest BCUT2D eigenvalue weighted by Crippen LogP contribution is -2.35. The highest BCUT2D eigenvalue weighted by Crippen LogP contribution is 2.40. The van der Waals surface area contributed by atoms with E-state index in [-0.39, 0.29) is 24.6 Å². The van der Waals surface area contributed by atoms with Crippen LogP contribution in [0.4, 0.5) is 0 Å². The fourth-order valence-corrected chi connectivity index (χ4v) is 4.70. The highest BCUT2D eigenvalue weighted by Gasteiger charge is 2.42. The second kappa shape index (κ2) is 9.53. The zero-order valence-corrected chi connectivity index (χ0v) is 19.4. The molecule has 2 unspecified atom stereocenters. The standard InChI is InChI=1S/C25H28N4O2S/c1-4-31-22(30)16-29-24(23(27-25(29)32)21-12-8-9-13-26-21)20-14-17(2)28(18(20)3)15-19-10-6-5-7-11-19/h5-14,23-24H,4,15-16H2,1-3H3,(H,27,32). The van der Waals surface area contributed by atoms with Crippen LogP contribution in [0.2, 0.25) is 0 Å². The van der Waals surface area contributed by atoms with Crippen molar-refractivity contribution in [3.8, 4) is 0 Å². The Balaban J connectivity index is 1.74. The number of ether oxygens (including phenoxy) is 1. The monoisotopic (exact) mass is 448 g/mol. The Morgan fingerprint density at radius 1 is 1.16 bits per heavy atom. The summed E-state index contributed by atoms with van der Waals surface area (Å²) in [6.45, 7) is 7.28. The number of aryl methyl sites for hydroxylation is 1. The molecule has 1 N–H and O–H groups in total. The van der Waals surface area contributed by atoms with Crippen LogP contribution in [0.3, 0.4) is 0 Å². The van der Waals surface area contributed by atoms with Crippen molar-refractivity contribution in [2.45, 2.75) is 39.4 Å². The average Bonchev–Trinajstić information content (AvgIpc) is 3.26. The van der Waals surface area contributed by atoms with Gasteiger partial charge in [-0.25, -0.2) is 0 Å². The Bertz CT molecular complexity index is 1100. The number of hydrogen-bond acceptors (Lipinski definition) is 4. The van der Waals surface area contributed by atoms with E-state index in [2.05, 4.69) is 59.0 Å². The lowest BCUT2D eigenvalue weighted by Gasteiger charge is -2.27. The first-order valence-electron chi connectivity index (χ1n) is 10.8. The first kappa shape index (κ1) is 22.0. The van der Waals surface area contributed by atoms with E-state index in [1.807, 2.05) is 36.1 Å². The summed E-state index contributed by atoms with van der Waals surface area (Å²) in [6.07, 6.45) is 1.78. The maximum absolute atomic E-state index is 12.4. The minimum atomic E-state index is -0.290. The Morgan fingerprint density at radius 3 is 2.59 bits per heavy atom. The van der Waals surface area contributed by atoms with E-state index in [9.17, 15) is 4.79 Å². The van der Waals surface area contributed by atoms with Crippen LogP contribution in [0, 0.1) is 13.8 Å². The van der Waals surface area contributed by atoms with Gasteiger partial charge in [-0.05, 0) is 62.3 Å². The first-order chi connectivity index (χ1) is 15.5. The van der Waals surface area contributed by atoms with Crippen LogP contribution in [0.5, 0.6) is 0 Å². The Hall–Kier alpha value is -3.19. The van der Waals surface area contributed by atoms with Crippen LogP contribution in [0.15, 0.2) is 60.8 Å². The molecular formula is C25H28N4O2S. The molecule has 1 saturated heterocycles. The summed E-state index contributed by atoms with van der Waals surface area (Å²) in [5.41, 5.74) is 5.57. The molecule has 1 aromatic carbocycles. The van der Waals surface area contributed by atoms with Gasteiger partial charge in [0.05, 0.1) is 24.4 Å². The van der Waals surface area contributed by atoms with Gasteiger partial charge in [0.25, 0.3) is 0 Å². The van der Waals surface area contributed by atoms with Gasteiger partial charge in [0.15, 0.2) is 5.11 Å². The second-order valence-electron chi connectivity index (χ2n) is 7.96. The SMILES string of the molecule is CCOC(=O)CN1C(=S)NC(c2ccccn2)C1c1cc(C)n(Cc2ccccc2)c1C. The molecule has 1 fully saturated rings. The van der Waals surface area contributed by atoms with Crippen LogP contribution >= 0.6 is 12.2 Å². The molecule has 3 heterocycles. The number of hydrogen-bond donors (Lipinski definition) is 1. The smallest absolute Gasteiger partial charge is 0.325 e. The van der Waals surface area contributed by atoms with Gasteiger partial charge in [-0.1, -0.05) is 36.4 Å². The van der Waals surface area contributed by atoms with Crippen molar-refractivity contribution in [2.24, 2.45) is 0 Å². The normalized spacial score (nSPS) is 18.0. The maximum Gasteiger partial charge on any atom is 0.325 e. The number of esters is 1. The summed E-state index contributed by atoms with van der Waals surface area (Å²) in [5.74, 6) is -0.290. The number of rotatable bonds is 7. The van der Waals surface area contributed by atoms with Gasteiger partial charge in [0.1, 0.15) is 6.54 Å². The molecule has 3 aromatic rings. The predicted molar refractivity (Wildman–Crippen MR) is 128 cm³/mol. The molecule has 0 amide bonds. The van der Waals surface area contributed by atoms with Crippen molar-refractivity contribution in [3.63, 3.8) is 0 Å². The van der Waals surface area contributed by atoms with E-state index in [1.54, 1.807) is 6.20 Å². The van der Waals surface area contributed by atoms with E-state index in [4.69, 9.17) is 17.0 Å². The van der Waals surface area contributed by atoms with Crippen LogP contribution in [0.1, 0.15) is 47.2 Å². The summed E-state index contributed by atoms with van der Waals surface area (Å²) in [7, 11) is 0. The van der Waals surface area contributed by atoms with E-state index < -0.39 is 0 Å². The lowest BCUT2D eigenvalue weighted by molar-refractivity contribution is -0.143. The maximum atomic E-state index is 12.4. The number of aromatic nitrogens is 2. The number of thiocarbonyl (C=S) groups is 1. The lowest BCUT2D eigenvalue weighted by atomic mass is 9.97. The van der Waals surface area contributed by atoms with Crippen molar-refractivity contribution in [1.82, 2.24) is 19.8 Å². The van der Waals surface area contributed by atoms with Crippen LogP contribution in [-0.4, -0.2) is 38.7 Å². The average molecular weight is 449 g/mol. The molecule has 32 heavy (non-hydrogen) atoms. The molecule has 0 spiro atoms. The highest BCUT2D eigenvalue weighted by atomic mass is 32.1. The molecule has 1 aliphatic heterocycles. The third kappa shape index (κ3) is 4.39. The fourth-order valence-electron chi connectivity index (χ4n) is 4.40. The van der Waals surface area contributed by atoms with Gasteiger partial charge >= 0.3 is 5.97 Å². The number of benzene rings is 1.